The molecule has 1 atom stereocenters. The van der Waals surface area contributed by atoms with Crippen LogP contribution < -0.4 is 15.4 Å². The van der Waals surface area contributed by atoms with E-state index < -0.39 is 22.0 Å². The predicted molar refractivity (Wildman–Crippen MR) is 127 cm³/mol. The minimum Gasteiger partial charge on any atom is -0.325 e. The molecule has 0 aliphatic heterocycles. The average molecular weight is 474 g/mol. The maximum atomic E-state index is 13.0. The van der Waals surface area contributed by atoms with E-state index in [2.05, 4.69) is 15.4 Å². The van der Waals surface area contributed by atoms with E-state index in [0.29, 0.717) is 11.4 Å². The van der Waals surface area contributed by atoms with Crippen molar-refractivity contribution in [2.45, 2.75) is 31.7 Å². The highest BCUT2D eigenvalue weighted by molar-refractivity contribution is 7.89. The summed E-state index contributed by atoms with van der Waals surface area (Å²) in [6.45, 7) is 4.86. The number of anilines is 2. The molecule has 0 aliphatic rings. The first kappa shape index (κ1) is 23.7. The molecule has 1 unspecified atom stereocenters. The summed E-state index contributed by atoms with van der Waals surface area (Å²) in [6, 6.07) is 15.9. The Morgan fingerprint density at radius 1 is 0.906 bits per heavy atom. The summed E-state index contributed by atoms with van der Waals surface area (Å²) >= 11 is 6.16. The largest absolute Gasteiger partial charge is 0.325 e. The van der Waals surface area contributed by atoms with E-state index in [1.165, 1.54) is 19.1 Å². The van der Waals surface area contributed by atoms with Gasteiger partial charge in [0, 0.05) is 12.6 Å². The van der Waals surface area contributed by atoms with Crippen LogP contribution in [0.1, 0.15) is 20.8 Å². The molecule has 0 spiro atoms. The van der Waals surface area contributed by atoms with Crippen LogP contribution in [0.25, 0.3) is 10.8 Å². The van der Waals surface area contributed by atoms with Gasteiger partial charge in [0.2, 0.25) is 21.8 Å². The number of rotatable bonds is 7. The van der Waals surface area contributed by atoms with Gasteiger partial charge in [0.05, 0.1) is 15.6 Å². The van der Waals surface area contributed by atoms with Crippen LogP contribution in [-0.2, 0) is 19.6 Å². The predicted octanol–water partition coefficient (Wildman–Crippen LogP) is 4.39. The topological polar surface area (TPSA) is 104 Å². The van der Waals surface area contributed by atoms with Gasteiger partial charge in [0.1, 0.15) is 6.04 Å². The fourth-order valence-corrected chi connectivity index (χ4v) is 4.77. The van der Waals surface area contributed by atoms with Crippen LogP contribution >= 0.6 is 11.6 Å². The van der Waals surface area contributed by atoms with Gasteiger partial charge >= 0.3 is 0 Å². The zero-order valence-electron chi connectivity index (χ0n) is 17.8. The Balaban J connectivity index is 1.80. The van der Waals surface area contributed by atoms with E-state index >= 15 is 0 Å². The highest BCUT2D eigenvalue weighted by Gasteiger charge is 2.28. The number of hydrogen-bond acceptors (Lipinski definition) is 4. The van der Waals surface area contributed by atoms with E-state index in [9.17, 15) is 18.0 Å². The molecule has 0 heterocycles. The highest BCUT2D eigenvalue weighted by Crippen LogP contribution is 2.26. The van der Waals surface area contributed by atoms with Gasteiger partial charge in [0.25, 0.3) is 0 Å². The molecule has 9 heteroatoms. The average Bonchev–Trinajstić information content (AvgIpc) is 2.73. The first-order valence-corrected chi connectivity index (χ1v) is 11.8. The lowest BCUT2D eigenvalue weighted by atomic mass is 10.0. The molecule has 3 aromatic carbocycles. The van der Waals surface area contributed by atoms with E-state index in [-0.39, 0.29) is 21.7 Å². The Morgan fingerprint density at radius 2 is 1.59 bits per heavy atom. The molecule has 168 valence electrons. The van der Waals surface area contributed by atoms with Gasteiger partial charge in [-0.15, -0.1) is 0 Å². The number of sulfonamides is 1. The zero-order valence-corrected chi connectivity index (χ0v) is 19.4. The molecule has 0 aromatic heterocycles. The number of benzene rings is 3. The molecule has 0 bridgehead atoms. The minimum atomic E-state index is -3.95. The second-order valence-electron chi connectivity index (χ2n) is 7.72. The SMILES string of the molecule is CC(=O)Nc1ccc(NC(=O)C(NS(=O)(=O)c2ccc3ccccc3c2)C(C)C)cc1Cl. The molecule has 7 nitrogen and oxygen atoms in total. The van der Waals surface area contributed by atoms with Gasteiger partial charge in [0.15, 0.2) is 0 Å². The van der Waals surface area contributed by atoms with Crippen LogP contribution in [-0.4, -0.2) is 26.3 Å². The maximum absolute atomic E-state index is 13.0. The standard InChI is InChI=1S/C23H24ClN3O4S/c1-14(2)22(23(29)26-18-9-11-21(20(24)13-18)25-15(3)28)27-32(30,31)19-10-8-16-6-4-5-7-17(16)12-19/h4-14,22,27H,1-3H3,(H,25,28)(H,26,29). The quantitative estimate of drug-likeness (QED) is 0.473. The van der Waals surface area contributed by atoms with Crippen molar-refractivity contribution in [3.05, 3.63) is 65.7 Å². The van der Waals surface area contributed by atoms with Crippen LogP contribution in [0.3, 0.4) is 0 Å². The Bertz CT molecular complexity index is 1280. The summed E-state index contributed by atoms with van der Waals surface area (Å²) in [4.78, 5) is 24.2. The number of amides is 2. The third-order valence-electron chi connectivity index (χ3n) is 4.81. The summed E-state index contributed by atoms with van der Waals surface area (Å²) in [7, 11) is -3.95. The summed E-state index contributed by atoms with van der Waals surface area (Å²) in [5.41, 5.74) is 0.791. The molecule has 32 heavy (non-hydrogen) atoms. The van der Waals surface area contributed by atoms with Gasteiger partial charge in [-0.3, -0.25) is 9.59 Å². The fraction of sp³-hybridized carbons (Fsp3) is 0.217. The van der Waals surface area contributed by atoms with E-state index in [1.807, 2.05) is 24.3 Å². The molecule has 0 fully saturated rings. The summed E-state index contributed by atoms with van der Waals surface area (Å²) < 4.78 is 28.5. The first-order valence-electron chi connectivity index (χ1n) is 9.96. The van der Waals surface area contributed by atoms with Crippen molar-refractivity contribution in [1.82, 2.24) is 4.72 Å². The number of hydrogen-bond donors (Lipinski definition) is 3. The monoisotopic (exact) mass is 473 g/mol. The molecule has 3 N–H and O–H groups in total. The van der Waals surface area contributed by atoms with Crippen LogP contribution in [0.4, 0.5) is 11.4 Å². The van der Waals surface area contributed by atoms with Crippen molar-refractivity contribution in [1.29, 1.82) is 0 Å². The summed E-state index contributed by atoms with van der Waals surface area (Å²) in [5.74, 6) is -1.11. The van der Waals surface area contributed by atoms with E-state index in [0.717, 1.165) is 10.8 Å². The van der Waals surface area contributed by atoms with Crippen LogP contribution in [0.2, 0.25) is 5.02 Å². The molecule has 2 amide bonds. The molecular formula is C23H24ClN3O4S. The number of fused-ring (bicyclic) bond motifs is 1. The van der Waals surface area contributed by atoms with Crippen molar-refractivity contribution >= 4 is 55.6 Å². The smallest absolute Gasteiger partial charge is 0.242 e. The normalized spacial score (nSPS) is 12.5. The van der Waals surface area contributed by atoms with E-state index in [1.54, 1.807) is 38.1 Å². The molecule has 0 aliphatic carbocycles. The zero-order chi connectivity index (χ0) is 23.5. The molecule has 3 aromatic rings. The maximum Gasteiger partial charge on any atom is 0.242 e. The van der Waals surface area contributed by atoms with Crippen molar-refractivity contribution < 1.29 is 18.0 Å². The van der Waals surface area contributed by atoms with Crippen molar-refractivity contribution in [2.75, 3.05) is 10.6 Å². The fourth-order valence-electron chi connectivity index (χ4n) is 3.17. The van der Waals surface area contributed by atoms with Gasteiger partial charge in [-0.05, 0) is 47.0 Å². The van der Waals surface area contributed by atoms with Gasteiger partial charge in [-0.25, -0.2) is 8.42 Å². The molecule has 0 saturated carbocycles. The molecular weight excluding hydrogens is 450 g/mol. The van der Waals surface area contributed by atoms with Crippen molar-refractivity contribution in [3.8, 4) is 0 Å². The van der Waals surface area contributed by atoms with Crippen LogP contribution in [0, 0.1) is 5.92 Å². The Hall–Kier alpha value is -2.94. The number of halogens is 1. The van der Waals surface area contributed by atoms with E-state index in [4.69, 9.17) is 11.6 Å². The number of nitrogens with one attached hydrogen (secondary N) is 3. The number of carbonyl (C=O) groups is 2. The second-order valence-corrected chi connectivity index (χ2v) is 9.84. The first-order chi connectivity index (χ1) is 15.1. The third kappa shape index (κ3) is 5.64. The van der Waals surface area contributed by atoms with Gasteiger partial charge in [-0.2, -0.15) is 4.72 Å². The van der Waals surface area contributed by atoms with Gasteiger partial charge < -0.3 is 10.6 Å². The molecule has 3 rings (SSSR count). The summed E-state index contributed by atoms with van der Waals surface area (Å²) in [5, 5.41) is 7.22. The second kappa shape index (κ2) is 9.68. The lowest BCUT2D eigenvalue weighted by molar-refractivity contribution is -0.118. The number of carbonyl (C=O) groups excluding carboxylic acids is 2. The van der Waals surface area contributed by atoms with Crippen molar-refractivity contribution in [2.24, 2.45) is 5.92 Å². The Labute approximate surface area is 192 Å². The summed E-state index contributed by atoms with van der Waals surface area (Å²) in [6.07, 6.45) is 0. The molecule has 0 saturated heterocycles. The lowest BCUT2D eigenvalue weighted by Gasteiger charge is -2.22. The van der Waals surface area contributed by atoms with Crippen LogP contribution in [0.5, 0.6) is 0 Å². The molecule has 0 radical (unpaired) electrons. The van der Waals surface area contributed by atoms with Crippen LogP contribution in [0.15, 0.2) is 65.6 Å². The highest BCUT2D eigenvalue weighted by atomic mass is 35.5. The minimum absolute atomic E-state index is 0.0809. The Kier molecular flexibility index (Phi) is 7.18. The lowest BCUT2D eigenvalue weighted by Crippen LogP contribution is -2.47. The Morgan fingerprint density at radius 3 is 2.22 bits per heavy atom. The van der Waals surface area contributed by atoms with Gasteiger partial charge in [-0.1, -0.05) is 55.8 Å². The van der Waals surface area contributed by atoms with Crippen molar-refractivity contribution in [3.63, 3.8) is 0 Å². The third-order valence-corrected chi connectivity index (χ3v) is 6.56.